The average molecular weight is 484 g/mol. The van der Waals surface area contributed by atoms with E-state index in [-0.39, 0.29) is 13.0 Å². The van der Waals surface area contributed by atoms with E-state index in [1.165, 1.54) is 14.0 Å². The van der Waals surface area contributed by atoms with Crippen molar-refractivity contribution in [2.45, 2.75) is 70.5 Å². The summed E-state index contributed by atoms with van der Waals surface area (Å²) < 4.78 is 34.1. The van der Waals surface area contributed by atoms with Crippen molar-refractivity contribution in [2.75, 3.05) is 13.7 Å². The largest absolute Gasteiger partial charge is 0.445 e. The first-order valence-electron chi connectivity index (χ1n) is 11.1. The molecular formula is C22H33N2O8P. The van der Waals surface area contributed by atoms with Crippen LogP contribution in [0.2, 0.25) is 0 Å². The molecule has 0 aromatic heterocycles. The van der Waals surface area contributed by atoms with E-state index >= 15 is 0 Å². The number of benzene rings is 1. The molecule has 0 spiro atoms. The Morgan fingerprint density at radius 2 is 1.97 bits per heavy atom. The molecule has 10 nitrogen and oxygen atoms in total. The van der Waals surface area contributed by atoms with E-state index in [0.717, 1.165) is 18.4 Å². The van der Waals surface area contributed by atoms with Gasteiger partial charge in [0.25, 0.3) is 0 Å². The highest BCUT2D eigenvalue weighted by Gasteiger charge is 2.40. The lowest BCUT2D eigenvalue weighted by atomic mass is 10.2. The molecule has 1 aromatic carbocycles. The fraction of sp³-hybridized carbons (Fsp3) is 0.591. The van der Waals surface area contributed by atoms with Crippen LogP contribution in [0.3, 0.4) is 0 Å². The van der Waals surface area contributed by atoms with E-state index < -0.39 is 43.6 Å². The Kier molecular flexibility index (Phi) is 11.0. The second-order valence-electron chi connectivity index (χ2n) is 7.72. The monoisotopic (exact) mass is 484 g/mol. The summed E-state index contributed by atoms with van der Waals surface area (Å²) in [4.78, 5) is 36.8. The Bertz CT molecular complexity index is 829. The van der Waals surface area contributed by atoms with Crippen LogP contribution in [0.4, 0.5) is 4.79 Å². The van der Waals surface area contributed by atoms with Crippen molar-refractivity contribution in [2.24, 2.45) is 0 Å². The zero-order chi connectivity index (χ0) is 24.3. The number of carbonyl (C=O) groups is 3. The number of alkyl carbamates (subject to hydrolysis) is 1. The van der Waals surface area contributed by atoms with Crippen LogP contribution in [-0.2, 0) is 39.3 Å². The van der Waals surface area contributed by atoms with Crippen LogP contribution >= 0.6 is 7.60 Å². The molecule has 2 N–H and O–H groups in total. The van der Waals surface area contributed by atoms with Gasteiger partial charge in [-0.2, -0.15) is 0 Å². The van der Waals surface area contributed by atoms with Crippen LogP contribution in [0.5, 0.6) is 0 Å². The molecule has 0 saturated carbocycles. The molecule has 1 aliphatic rings. The van der Waals surface area contributed by atoms with Crippen LogP contribution in [0.1, 0.15) is 51.5 Å². The minimum Gasteiger partial charge on any atom is -0.445 e. The number of ether oxygens (including phenoxy) is 2. The van der Waals surface area contributed by atoms with Crippen LogP contribution in [0.25, 0.3) is 0 Å². The van der Waals surface area contributed by atoms with Gasteiger partial charge < -0.3 is 24.6 Å². The van der Waals surface area contributed by atoms with Crippen molar-refractivity contribution >= 4 is 25.6 Å². The number of unbranched alkanes of at least 4 members (excludes halogenated alkanes) is 1. The molecule has 1 heterocycles. The Morgan fingerprint density at radius 1 is 1.24 bits per heavy atom. The van der Waals surface area contributed by atoms with Gasteiger partial charge in [-0.05, 0) is 38.3 Å². The molecule has 1 aromatic rings. The molecule has 1 saturated heterocycles. The maximum absolute atomic E-state index is 13.4. The molecule has 3 unspecified atom stereocenters. The second-order valence-corrected chi connectivity index (χ2v) is 10.0. The predicted molar refractivity (Wildman–Crippen MR) is 120 cm³/mol. The summed E-state index contributed by atoms with van der Waals surface area (Å²) in [6, 6.07) is 8.55. The highest BCUT2D eigenvalue weighted by molar-refractivity contribution is 7.54. The third-order valence-corrected chi connectivity index (χ3v) is 7.42. The summed E-state index contributed by atoms with van der Waals surface area (Å²) >= 11 is 0. The van der Waals surface area contributed by atoms with Gasteiger partial charge in [-0.25, -0.2) is 14.4 Å². The van der Waals surface area contributed by atoms with E-state index in [4.69, 9.17) is 18.5 Å². The SMILES string of the molecule is CCCCC(NC(=O)OCc1ccccc1)P(=O)(OC)OC(C)C(=O)OC(=O)[C@@H]1CCCN1. The molecule has 184 valence electrons. The zero-order valence-corrected chi connectivity index (χ0v) is 20.2. The van der Waals surface area contributed by atoms with Gasteiger partial charge in [0.15, 0.2) is 6.10 Å². The van der Waals surface area contributed by atoms with Gasteiger partial charge in [0.05, 0.1) is 0 Å². The van der Waals surface area contributed by atoms with Crippen molar-refractivity contribution < 1.29 is 37.5 Å². The summed E-state index contributed by atoms with van der Waals surface area (Å²) in [6.45, 7) is 3.95. The maximum Gasteiger partial charge on any atom is 0.408 e. The third-order valence-electron chi connectivity index (χ3n) is 5.15. The van der Waals surface area contributed by atoms with Crippen molar-refractivity contribution in [1.82, 2.24) is 10.6 Å². The zero-order valence-electron chi connectivity index (χ0n) is 19.3. The molecule has 0 radical (unpaired) electrons. The highest BCUT2D eigenvalue weighted by Crippen LogP contribution is 2.54. The molecule has 1 aliphatic heterocycles. The lowest BCUT2D eigenvalue weighted by Crippen LogP contribution is -2.39. The number of hydrogen-bond acceptors (Lipinski definition) is 9. The standard InChI is InChI=1S/C22H33N2O8P/c1-4-5-13-19(24-22(27)30-15-17-10-7-6-8-11-17)33(28,29-3)32-16(2)20(25)31-21(26)18-12-9-14-23-18/h6-8,10-11,16,18-19,23H,4-5,9,12-15H2,1-3H3,(H,24,27)/t16?,18-,19?,33?/m0/s1. The fourth-order valence-corrected chi connectivity index (χ4v) is 5.03. The Morgan fingerprint density at radius 3 is 2.58 bits per heavy atom. The number of rotatable bonds is 12. The normalized spacial score (nSPS) is 19.2. The van der Waals surface area contributed by atoms with Crippen molar-refractivity contribution in [3.05, 3.63) is 35.9 Å². The molecule has 2 rings (SSSR count). The number of nitrogens with one attached hydrogen (secondary N) is 2. The highest BCUT2D eigenvalue weighted by atomic mass is 31.2. The van der Waals surface area contributed by atoms with Crippen LogP contribution in [0, 0.1) is 0 Å². The molecule has 1 fully saturated rings. The molecule has 4 atom stereocenters. The van der Waals surface area contributed by atoms with E-state index in [1.54, 1.807) is 12.1 Å². The molecule has 33 heavy (non-hydrogen) atoms. The summed E-state index contributed by atoms with van der Waals surface area (Å²) in [5, 5.41) is 5.48. The van der Waals surface area contributed by atoms with Gasteiger partial charge in [-0.3, -0.25) is 9.09 Å². The first-order valence-corrected chi connectivity index (χ1v) is 12.7. The van der Waals surface area contributed by atoms with Gasteiger partial charge in [-0.15, -0.1) is 0 Å². The smallest absolute Gasteiger partial charge is 0.408 e. The molecule has 0 aliphatic carbocycles. The van der Waals surface area contributed by atoms with Gasteiger partial charge in [0.1, 0.15) is 18.4 Å². The van der Waals surface area contributed by atoms with Gasteiger partial charge >= 0.3 is 25.6 Å². The number of amides is 1. The molecular weight excluding hydrogens is 451 g/mol. The van der Waals surface area contributed by atoms with Crippen LogP contribution in [0.15, 0.2) is 30.3 Å². The first kappa shape index (κ1) is 27.0. The average Bonchev–Trinajstić information content (AvgIpc) is 3.36. The Hall–Kier alpha value is -2.26. The third kappa shape index (κ3) is 8.55. The maximum atomic E-state index is 13.4. The topological polar surface area (TPSA) is 129 Å². The Labute approximate surface area is 194 Å². The van der Waals surface area contributed by atoms with Gasteiger partial charge in [0.2, 0.25) is 0 Å². The van der Waals surface area contributed by atoms with Gasteiger partial charge in [-0.1, -0.05) is 50.1 Å². The quantitative estimate of drug-likeness (QED) is 0.260. The van der Waals surface area contributed by atoms with Gasteiger partial charge in [0, 0.05) is 7.11 Å². The number of esters is 2. The molecule has 0 bridgehead atoms. The molecule has 11 heteroatoms. The number of hydrogen-bond donors (Lipinski definition) is 2. The van der Waals surface area contributed by atoms with Crippen LogP contribution < -0.4 is 10.6 Å². The first-order chi connectivity index (χ1) is 15.8. The summed E-state index contributed by atoms with van der Waals surface area (Å²) in [7, 11) is -2.84. The summed E-state index contributed by atoms with van der Waals surface area (Å²) in [6.07, 6.45) is 0.892. The van der Waals surface area contributed by atoms with Crippen molar-refractivity contribution in [3.8, 4) is 0 Å². The second kappa shape index (κ2) is 13.4. The summed E-state index contributed by atoms with van der Waals surface area (Å²) in [5.74, 6) is -2.73. The van der Waals surface area contributed by atoms with E-state index in [1.807, 2.05) is 25.1 Å². The summed E-state index contributed by atoms with van der Waals surface area (Å²) in [5.41, 5.74) is 0.793. The number of carbonyl (C=O) groups excluding carboxylic acids is 3. The lowest BCUT2D eigenvalue weighted by molar-refractivity contribution is -0.165. The van der Waals surface area contributed by atoms with E-state index in [2.05, 4.69) is 10.6 Å². The van der Waals surface area contributed by atoms with Crippen LogP contribution in [-0.4, -0.2) is 49.6 Å². The minimum absolute atomic E-state index is 0.0331. The Balaban J connectivity index is 1.99. The fourth-order valence-electron chi connectivity index (χ4n) is 3.25. The van der Waals surface area contributed by atoms with E-state index in [9.17, 15) is 18.9 Å². The van der Waals surface area contributed by atoms with E-state index in [0.29, 0.717) is 19.4 Å². The molecule has 1 amide bonds. The minimum atomic E-state index is -4.01. The van der Waals surface area contributed by atoms with Crippen molar-refractivity contribution in [3.63, 3.8) is 0 Å². The lowest BCUT2D eigenvalue weighted by Gasteiger charge is -2.28. The predicted octanol–water partition coefficient (Wildman–Crippen LogP) is 3.50. The van der Waals surface area contributed by atoms with Crippen molar-refractivity contribution in [1.29, 1.82) is 0 Å².